The molecule has 0 amide bonds. The van der Waals surface area contributed by atoms with E-state index in [2.05, 4.69) is 52.0 Å². The molecule has 113 valence electrons. The maximum absolute atomic E-state index is 2.56. The molecular weight excluding hydrogens is 470 g/mol. The van der Waals surface area contributed by atoms with E-state index in [9.17, 15) is 0 Å². The first-order valence-corrected chi connectivity index (χ1v) is 19.3. The van der Waals surface area contributed by atoms with E-state index >= 15 is 0 Å². The summed E-state index contributed by atoms with van der Waals surface area (Å²) in [5.41, 5.74) is 3.05. The van der Waals surface area contributed by atoms with E-state index in [-0.39, 0.29) is 24.8 Å². The molecule has 0 radical (unpaired) electrons. The Kier molecular flexibility index (Phi) is 9.91. The number of hydrogen-bond acceptors (Lipinski definition) is 0. The van der Waals surface area contributed by atoms with Gasteiger partial charge in [0.15, 0.2) is 0 Å². The predicted molar refractivity (Wildman–Crippen MR) is 95.5 cm³/mol. The van der Waals surface area contributed by atoms with Crippen LogP contribution in [-0.4, -0.2) is 5.98 Å². The summed E-state index contributed by atoms with van der Waals surface area (Å²) >= 11 is -1.62. The second-order valence-corrected chi connectivity index (χ2v) is 29.7. The molecule has 0 fully saturated rings. The monoisotopic (exact) mass is 497 g/mol. The Labute approximate surface area is 145 Å². The minimum absolute atomic E-state index is 0. The van der Waals surface area contributed by atoms with Crippen LogP contribution >= 0.6 is 24.8 Å². The van der Waals surface area contributed by atoms with Crippen LogP contribution in [-0.2, 0) is 20.6 Å². The quantitative estimate of drug-likeness (QED) is 0.430. The van der Waals surface area contributed by atoms with E-state index in [1.54, 1.807) is 0 Å². The maximum Gasteiger partial charge on any atom is -0.147 e. The van der Waals surface area contributed by atoms with Crippen LogP contribution in [0.25, 0.3) is 0 Å². The number of allylic oxidation sites excluding steroid dienone is 8. The maximum atomic E-state index is 2.56. The van der Waals surface area contributed by atoms with Gasteiger partial charge in [0.1, 0.15) is 0 Å². The van der Waals surface area contributed by atoms with Crippen molar-refractivity contribution in [2.75, 3.05) is 0 Å². The van der Waals surface area contributed by atoms with Crippen LogP contribution in [0.4, 0.5) is 0 Å². The molecule has 0 saturated carbocycles. The van der Waals surface area contributed by atoms with Gasteiger partial charge in [-0.25, -0.2) is 0 Å². The first-order valence-electron chi connectivity index (χ1n) is 7.28. The van der Waals surface area contributed by atoms with Crippen LogP contribution in [0.2, 0.25) is 12.1 Å². The average molecular weight is 497 g/mol. The second kappa shape index (κ2) is 9.60. The van der Waals surface area contributed by atoms with E-state index in [1.165, 1.54) is 36.1 Å². The van der Waals surface area contributed by atoms with Gasteiger partial charge in [-0.3, -0.25) is 0 Å². The zero-order chi connectivity index (χ0) is 13.1. The Morgan fingerprint density at radius 2 is 1.30 bits per heavy atom. The Morgan fingerprint density at radius 1 is 0.900 bits per heavy atom. The van der Waals surface area contributed by atoms with Gasteiger partial charge in [-0.1, -0.05) is 0 Å². The van der Waals surface area contributed by atoms with Crippen LogP contribution in [0.1, 0.15) is 40.5 Å². The molecule has 4 heteroatoms. The topological polar surface area (TPSA) is 0 Å². The molecule has 0 aromatic heterocycles. The largest absolute Gasteiger partial charge is 0.147 e. The summed E-state index contributed by atoms with van der Waals surface area (Å²) in [6.07, 6.45) is 12.6. The van der Waals surface area contributed by atoms with Gasteiger partial charge < -0.3 is 0 Å². The molecule has 2 rings (SSSR count). The van der Waals surface area contributed by atoms with Crippen molar-refractivity contribution in [2.24, 2.45) is 0 Å². The molecule has 0 heterocycles. The third kappa shape index (κ3) is 4.83. The Balaban J connectivity index is 0.00000180. The first-order chi connectivity index (χ1) is 8.65. The number of rotatable bonds is 5. The van der Waals surface area contributed by atoms with Gasteiger partial charge in [0.25, 0.3) is 0 Å². The van der Waals surface area contributed by atoms with Gasteiger partial charge in [-0.2, -0.15) is 0 Å². The molecule has 0 saturated heterocycles. The Morgan fingerprint density at radius 3 is 1.55 bits per heavy atom. The summed E-state index contributed by atoms with van der Waals surface area (Å²) < 4.78 is 3.85. The average Bonchev–Trinajstić information content (AvgIpc) is 2.95. The van der Waals surface area contributed by atoms with Crippen LogP contribution < -0.4 is 0 Å². The molecule has 0 aromatic rings. The summed E-state index contributed by atoms with van der Waals surface area (Å²) in [5, 5.41) is 0. The van der Waals surface area contributed by atoms with Crippen molar-refractivity contribution in [1.29, 1.82) is 0 Å². The fourth-order valence-corrected chi connectivity index (χ4v) is 35.5. The van der Waals surface area contributed by atoms with Gasteiger partial charge in [-0.15, -0.1) is 24.8 Å². The van der Waals surface area contributed by atoms with E-state index in [0.717, 1.165) is 0 Å². The van der Waals surface area contributed by atoms with Gasteiger partial charge in [0.2, 0.25) is 0 Å². The van der Waals surface area contributed by atoms with E-state index in [4.69, 9.17) is 0 Å². The van der Waals surface area contributed by atoms with Crippen molar-refractivity contribution in [3.8, 4) is 0 Å². The molecule has 0 atom stereocenters. The van der Waals surface area contributed by atoms with Crippen molar-refractivity contribution >= 4 is 30.8 Å². The Hall–Kier alpha value is 0.627. The normalized spacial score (nSPS) is 16.9. The third-order valence-electron chi connectivity index (χ3n) is 4.18. The molecule has 0 aromatic carbocycles. The summed E-state index contributed by atoms with van der Waals surface area (Å²) in [7, 11) is 0. The molecule has 20 heavy (non-hydrogen) atoms. The molecule has 0 nitrogen and oxygen atoms in total. The van der Waals surface area contributed by atoms with Crippen molar-refractivity contribution < 1.29 is 20.6 Å². The summed E-state index contributed by atoms with van der Waals surface area (Å²) in [6.45, 7) is 9.46. The summed E-state index contributed by atoms with van der Waals surface area (Å²) in [5.74, 6) is -0.458. The molecule has 0 bridgehead atoms. The molecule has 2 aliphatic rings. The molecular formula is C16H27Cl2HfSi. The molecule has 2 aliphatic carbocycles. The van der Waals surface area contributed by atoms with E-state index < -0.39 is 26.6 Å². The molecule has 0 N–H and O–H groups in total. The molecule has 0 unspecified atom stereocenters. The summed E-state index contributed by atoms with van der Waals surface area (Å²) in [6, 6.07) is 3.04. The zero-order valence-corrected chi connectivity index (χ0v) is 19.4. The van der Waals surface area contributed by atoms with Gasteiger partial charge in [0, 0.05) is 0 Å². The zero-order valence-electron chi connectivity index (χ0n) is 13.0. The van der Waals surface area contributed by atoms with Crippen LogP contribution in [0.5, 0.6) is 0 Å². The smallest absolute Gasteiger partial charge is 0.147 e. The standard InChI is InChI=1S/2C6H7.C4H11Si.2ClH.Hf/c2*1-6-4-2-3-5-6;1-3-5-4-2;;;/h2*4-5H,2H2,1H3;5H,3-4H2,1-2H3;2*1H;. The summed E-state index contributed by atoms with van der Waals surface area (Å²) in [4.78, 5) is 0. The van der Waals surface area contributed by atoms with Crippen LogP contribution in [0.3, 0.4) is 0 Å². The Bertz CT molecular complexity index is 409. The predicted octanol–water partition coefficient (Wildman–Crippen LogP) is 5.68. The van der Waals surface area contributed by atoms with Crippen molar-refractivity contribution in [2.45, 2.75) is 52.6 Å². The van der Waals surface area contributed by atoms with Crippen molar-refractivity contribution in [1.82, 2.24) is 0 Å². The van der Waals surface area contributed by atoms with Crippen molar-refractivity contribution in [3.05, 3.63) is 42.1 Å². The first kappa shape index (κ1) is 20.6. The fraction of sp³-hybridized carbons (Fsp3) is 0.500. The van der Waals surface area contributed by atoms with Crippen LogP contribution in [0.15, 0.2) is 42.1 Å². The van der Waals surface area contributed by atoms with E-state index in [0.29, 0.717) is 0 Å². The van der Waals surface area contributed by atoms with Crippen LogP contribution in [0, 0.1) is 0 Å². The second-order valence-electron chi connectivity index (χ2n) is 5.57. The minimum Gasteiger partial charge on any atom is -0.147 e. The van der Waals surface area contributed by atoms with Crippen molar-refractivity contribution in [3.63, 3.8) is 0 Å². The number of halogens is 2. The molecule has 0 spiro atoms. The minimum atomic E-state index is -1.62. The third-order valence-corrected chi connectivity index (χ3v) is 38.1. The fourth-order valence-electron chi connectivity index (χ4n) is 3.13. The molecule has 0 aliphatic heterocycles. The van der Waals surface area contributed by atoms with Gasteiger partial charge in [-0.05, 0) is 0 Å². The SMILES string of the molecule is CC[SiH](CC)[Hf]([C]1=CC(C)=CC1)[C]1=CC(C)=CC1.Cl.Cl. The van der Waals surface area contributed by atoms with Gasteiger partial charge in [0.05, 0.1) is 0 Å². The number of hydrogen-bond donors (Lipinski definition) is 0. The van der Waals surface area contributed by atoms with Gasteiger partial charge >= 0.3 is 121 Å². The van der Waals surface area contributed by atoms with E-state index in [1.807, 2.05) is 6.66 Å².